The van der Waals surface area contributed by atoms with Crippen LogP contribution in [0.3, 0.4) is 0 Å². The molecule has 2 aromatic heterocycles. The average Bonchev–Trinajstić information content (AvgIpc) is 2.93. The van der Waals surface area contributed by atoms with Gasteiger partial charge in [-0.2, -0.15) is 4.98 Å². The molecule has 10 nitrogen and oxygen atoms in total. The van der Waals surface area contributed by atoms with Crippen LogP contribution in [0.25, 0.3) is 11.0 Å². The van der Waals surface area contributed by atoms with E-state index in [1.807, 2.05) is 18.2 Å². The second-order valence-electron chi connectivity index (χ2n) is 8.62. The molecular formula is C27H27ClN6O4. The van der Waals surface area contributed by atoms with E-state index < -0.39 is 17.4 Å². The van der Waals surface area contributed by atoms with Gasteiger partial charge in [0.15, 0.2) is 0 Å². The third-order valence-corrected chi connectivity index (χ3v) is 6.26. The molecule has 11 heteroatoms. The Morgan fingerprint density at radius 1 is 1.11 bits per heavy atom. The standard InChI is InChI=1S/C27H27ClN6O4/c1-38-27-30-16-19-14-20(25(36)32-23(19)33-27)24(35)31-22-15-18(11-12-21(22)28)26(37)34(29)13-7-3-6-10-17-8-4-2-5-9-17/h2,4-5,8-9,11-12,14-16H,3,6-7,10,13,29H2,1H3,(H,31,35)(H,30,32,33,36). The van der Waals surface area contributed by atoms with Gasteiger partial charge in [-0.25, -0.2) is 10.8 Å². The smallest absolute Gasteiger partial charge is 0.318 e. The van der Waals surface area contributed by atoms with Gasteiger partial charge in [0.25, 0.3) is 17.4 Å². The fraction of sp³-hybridized carbons (Fsp3) is 0.222. The number of hydrogen-bond donors (Lipinski definition) is 3. The van der Waals surface area contributed by atoms with Gasteiger partial charge < -0.3 is 15.0 Å². The van der Waals surface area contributed by atoms with Gasteiger partial charge in [0.05, 0.1) is 17.8 Å². The van der Waals surface area contributed by atoms with Crippen molar-refractivity contribution in [1.29, 1.82) is 0 Å². The van der Waals surface area contributed by atoms with Gasteiger partial charge in [-0.15, -0.1) is 0 Å². The molecule has 2 aromatic carbocycles. The van der Waals surface area contributed by atoms with Crippen LogP contribution in [-0.4, -0.2) is 45.4 Å². The second-order valence-corrected chi connectivity index (χ2v) is 9.02. The first-order chi connectivity index (χ1) is 18.4. The van der Waals surface area contributed by atoms with E-state index in [2.05, 4.69) is 32.4 Å². The third-order valence-electron chi connectivity index (χ3n) is 5.93. The topological polar surface area (TPSA) is 143 Å². The van der Waals surface area contributed by atoms with Crippen molar-refractivity contribution >= 4 is 40.1 Å². The predicted octanol–water partition coefficient (Wildman–Crippen LogP) is 3.96. The molecular weight excluding hydrogens is 508 g/mol. The molecule has 0 aliphatic carbocycles. The van der Waals surface area contributed by atoms with Crippen molar-refractivity contribution in [3.05, 3.63) is 92.9 Å². The number of carbonyl (C=O) groups is 2. The molecule has 0 atom stereocenters. The summed E-state index contributed by atoms with van der Waals surface area (Å²) in [6.45, 7) is 0.386. The largest absolute Gasteiger partial charge is 0.467 e. The SMILES string of the molecule is COc1ncc2cc(C(=O)Nc3cc(C(=O)N(N)CCCCCc4ccccc4)ccc3Cl)c(=O)[nH]c2n1. The predicted molar refractivity (Wildman–Crippen MR) is 145 cm³/mol. The molecule has 38 heavy (non-hydrogen) atoms. The number of aromatic amines is 1. The highest BCUT2D eigenvalue weighted by molar-refractivity contribution is 6.34. The molecule has 4 rings (SSSR count). The summed E-state index contributed by atoms with van der Waals surface area (Å²) in [7, 11) is 1.40. The zero-order valence-corrected chi connectivity index (χ0v) is 21.5. The maximum Gasteiger partial charge on any atom is 0.318 e. The lowest BCUT2D eigenvalue weighted by molar-refractivity contribution is 0.0752. The summed E-state index contributed by atoms with van der Waals surface area (Å²) in [6.07, 6.45) is 5.08. The number of ether oxygens (including phenoxy) is 1. The Morgan fingerprint density at radius 3 is 2.66 bits per heavy atom. The number of pyridine rings is 1. The minimum Gasteiger partial charge on any atom is -0.467 e. The maximum atomic E-state index is 12.9. The van der Waals surface area contributed by atoms with Crippen LogP contribution >= 0.6 is 11.6 Å². The fourth-order valence-corrected chi connectivity index (χ4v) is 4.05. The van der Waals surface area contributed by atoms with E-state index in [1.54, 1.807) is 0 Å². The first-order valence-electron chi connectivity index (χ1n) is 12.0. The van der Waals surface area contributed by atoms with Crippen molar-refractivity contribution in [2.45, 2.75) is 25.7 Å². The number of benzene rings is 2. The molecule has 2 amide bonds. The quantitative estimate of drug-likeness (QED) is 0.121. The van der Waals surface area contributed by atoms with Gasteiger partial charge in [-0.05, 0) is 49.1 Å². The van der Waals surface area contributed by atoms with Gasteiger partial charge in [0.1, 0.15) is 11.2 Å². The zero-order chi connectivity index (χ0) is 27.1. The number of methoxy groups -OCH3 is 1. The van der Waals surface area contributed by atoms with Gasteiger partial charge in [0.2, 0.25) is 0 Å². The highest BCUT2D eigenvalue weighted by atomic mass is 35.5. The number of fused-ring (bicyclic) bond motifs is 1. The number of nitrogens with one attached hydrogen (secondary N) is 2. The monoisotopic (exact) mass is 534 g/mol. The molecule has 0 unspecified atom stereocenters. The van der Waals surface area contributed by atoms with Crippen molar-refractivity contribution in [1.82, 2.24) is 20.0 Å². The fourth-order valence-electron chi connectivity index (χ4n) is 3.89. The van der Waals surface area contributed by atoms with Crippen LogP contribution in [-0.2, 0) is 6.42 Å². The molecule has 196 valence electrons. The molecule has 0 saturated carbocycles. The number of anilines is 1. The molecule has 0 saturated heterocycles. The van der Waals surface area contributed by atoms with E-state index in [0.29, 0.717) is 11.9 Å². The van der Waals surface area contributed by atoms with Crippen molar-refractivity contribution in [2.24, 2.45) is 5.84 Å². The maximum absolute atomic E-state index is 12.9. The van der Waals surface area contributed by atoms with Crippen LogP contribution in [0, 0.1) is 0 Å². The molecule has 2 heterocycles. The van der Waals surface area contributed by atoms with Crippen LogP contribution in [0.5, 0.6) is 6.01 Å². The molecule has 0 spiro atoms. The molecule has 4 N–H and O–H groups in total. The number of nitrogens with two attached hydrogens (primary N) is 1. The Hall–Kier alpha value is -4.28. The number of unbranched alkanes of at least 4 members (excludes halogenated alkanes) is 2. The Labute approximate surface area is 223 Å². The number of hydrazine groups is 1. The molecule has 0 radical (unpaired) electrons. The summed E-state index contributed by atoms with van der Waals surface area (Å²) < 4.78 is 4.95. The first kappa shape index (κ1) is 26.8. The van der Waals surface area contributed by atoms with Gasteiger partial charge in [0, 0.05) is 23.7 Å². The lowest BCUT2D eigenvalue weighted by Gasteiger charge is -2.17. The Balaban J connectivity index is 1.38. The van der Waals surface area contributed by atoms with E-state index in [1.165, 1.54) is 43.1 Å². The van der Waals surface area contributed by atoms with Crippen molar-refractivity contribution in [2.75, 3.05) is 19.0 Å². The second kappa shape index (κ2) is 12.3. The Kier molecular flexibility index (Phi) is 8.67. The number of hydrogen-bond acceptors (Lipinski definition) is 7. The average molecular weight is 535 g/mol. The van der Waals surface area contributed by atoms with Crippen LogP contribution in [0.4, 0.5) is 5.69 Å². The molecule has 0 aliphatic heterocycles. The Morgan fingerprint density at radius 2 is 1.89 bits per heavy atom. The van der Waals surface area contributed by atoms with Crippen molar-refractivity contribution < 1.29 is 14.3 Å². The minimum absolute atomic E-state index is 0.0831. The van der Waals surface area contributed by atoms with Crippen LogP contribution in [0.15, 0.2) is 65.6 Å². The summed E-state index contributed by atoms with van der Waals surface area (Å²) >= 11 is 6.26. The lowest BCUT2D eigenvalue weighted by Crippen LogP contribution is -2.38. The highest BCUT2D eigenvalue weighted by Gasteiger charge is 2.18. The highest BCUT2D eigenvalue weighted by Crippen LogP contribution is 2.24. The normalized spacial score (nSPS) is 10.8. The van der Waals surface area contributed by atoms with Crippen LogP contribution in [0.1, 0.15) is 45.5 Å². The summed E-state index contributed by atoms with van der Waals surface area (Å²) in [5.74, 6) is 4.90. The van der Waals surface area contributed by atoms with E-state index >= 15 is 0 Å². The number of H-pyrrole nitrogens is 1. The summed E-state index contributed by atoms with van der Waals surface area (Å²) in [6, 6.07) is 16.1. The number of aryl methyl sites for hydroxylation is 1. The Bertz CT molecular complexity index is 1510. The first-order valence-corrected chi connectivity index (χ1v) is 12.4. The number of rotatable bonds is 10. The minimum atomic E-state index is -0.710. The summed E-state index contributed by atoms with van der Waals surface area (Å²) in [5.41, 5.74) is 1.11. The van der Waals surface area contributed by atoms with E-state index in [0.717, 1.165) is 30.7 Å². The van der Waals surface area contributed by atoms with Crippen LogP contribution in [0.2, 0.25) is 5.02 Å². The van der Waals surface area contributed by atoms with E-state index in [9.17, 15) is 14.4 Å². The van der Waals surface area contributed by atoms with E-state index in [-0.39, 0.29) is 33.5 Å². The van der Waals surface area contributed by atoms with Crippen molar-refractivity contribution in [3.63, 3.8) is 0 Å². The van der Waals surface area contributed by atoms with Gasteiger partial charge >= 0.3 is 6.01 Å². The number of carbonyl (C=O) groups excluding carboxylic acids is 2. The summed E-state index contributed by atoms with van der Waals surface area (Å²) in [4.78, 5) is 48.9. The third kappa shape index (κ3) is 6.53. The number of amides is 2. The number of nitrogens with zero attached hydrogens (tertiary/aromatic N) is 3. The van der Waals surface area contributed by atoms with Crippen molar-refractivity contribution in [3.8, 4) is 6.01 Å². The number of halogens is 1. The van der Waals surface area contributed by atoms with Crippen LogP contribution < -0.4 is 21.5 Å². The van der Waals surface area contributed by atoms with E-state index in [4.69, 9.17) is 22.2 Å². The van der Waals surface area contributed by atoms with Gasteiger partial charge in [-0.1, -0.05) is 48.4 Å². The lowest BCUT2D eigenvalue weighted by atomic mass is 10.1. The molecule has 0 fully saturated rings. The molecule has 4 aromatic rings. The molecule has 0 aliphatic rings. The summed E-state index contributed by atoms with van der Waals surface area (Å²) in [5, 5.41) is 4.39. The van der Waals surface area contributed by atoms with Gasteiger partial charge in [-0.3, -0.25) is 19.4 Å². The zero-order valence-electron chi connectivity index (χ0n) is 20.7. The number of aromatic nitrogens is 3. The molecule has 0 bridgehead atoms.